The van der Waals surface area contributed by atoms with Gasteiger partial charge in [0.15, 0.2) is 0 Å². The van der Waals surface area contributed by atoms with E-state index in [1.807, 2.05) is 53.4 Å². The fourth-order valence-corrected chi connectivity index (χ4v) is 3.34. The van der Waals surface area contributed by atoms with Crippen LogP contribution in [-0.4, -0.2) is 35.8 Å². The lowest BCUT2D eigenvalue weighted by atomic mass is 10.0. The molecule has 6 heteroatoms. The molecule has 2 aromatic carbocycles. The highest BCUT2D eigenvalue weighted by molar-refractivity contribution is 6.30. The number of piperidine rings is 1. The Balaban J connectivity index is 1.49. The smallest absolute Gasteiger partial charge is 0.253 e. The fraction of sp³-hybridized carbons (Fsp3) is 0.273. The molecule has 146 valence electrons. The Morgan fingerprint density at radius 3 is 2.32 bits per heavy atom. The van der Waals surface area contributed by atoms with E-state index in [1.165, 1.54) is 6.08 Å². The van der Waals surface area contributed by atoms with Gasteiger partial charge in [0.1, 0.15) is 0 Å². The maximum atomic E-state index is 12.7. The molecule has 0 aromatic heterocycles. The SMILES string of the molecule is C=CC(=O)NCc1ccc(C(=O)N2CCC(Nc3ccc(Cl)cc3)CC2)cc1. The van der Waals surface area contributed by atoms with Crippen molar-refractivity contribution < 1.29 is 9.59 Å². The Bertz CT molecular complexity index is 826. The maximum absolute atomic E-state index is 12.7. The molecule has 0 bridgehead atoms. The number of carbonyl (C=O) groups is 2. The molecule has 28 heavy (non-hydrogen) atoms. The molecule has 1 saturated heterocycles. The second kappa shape index (κ2) is 9.42. The number of amides is 2. The van der Waals surface area contributed by atoms with Crippen LogP contribution in [0.25, 0.3) is 0 Å². The molecular formula is C22H24ClN3O2. The molecule has 0 unspecified atom stereocenters. The summed E-state index contributed by atoms with van der Waals surface area (Å²) in [5.41, 5.74) is 2.66. The molecule has 1 heterocycles. The Morgan fingerprint density at radius 1 is 1.07 bits per heavy atom. The van der Waals surface area contributed by atoms with Crippen molar-refractivity contribution in [3.05, 3.63) is 77.3 Å². The molecular weight excluding hydrogens is 374 g/mol. The molecule has 3 rings (SSSR count). The summed E-state index contributed by atoms with van der Waals surface area (Å²) in [6, 6.07) is 15.4. The first kappa shape index (κ1) is 20.0. The number of nitrogens with zero attached hydrogens (tertiary/aromatic N) is 1. The first-order valence-corrected chi connectivity index (χ1v) is 9.73. The number of hydrogen-bond donors (Lipinski definition) is 2. The lowest BCUT2D eigenvalue weighted by molar-refractivity contribution is -0.116. The number of hydrogen-bond acceptors (Lipinski definition) is 3. The predicted octanol–water partition coefficient (Wildman–Crippen LogP) is 3.86. The van der Waals surface area contributed by atoms with Gasteiger partial charge >= 0.3 is 0 Å². The van der Waals surface area contributed by atoms with Gasteiger partial charge in [-0.3, -0.25) is 9.59 Å². The number of halogens is 1. The van der Waals surface area contributed by atoms with Gasteiger partial charge in [0, 0.05) is 41.9 Å². The molecule has 1 aliphatic rings. The molecule has 2 aromatic rings. The van der Waals surface area contributed by atoms with Crippen LogP contribution in [0.2, 0.25) is 5.02 Å². The van der Waals surface area contributed by atoms with Crippen LogP contribution in [-0.2, 0) is 11.3 Å². The van der Waals surface area contributed by atoms with Crippen LogP contribution in [0.1, 0.15) is 28.8 Å². The Hall–Kier alpha value is -2.79. The van der Waals surface area contributed by atoms with Crippen LogP contribution in [0.5, 0.6) is 0 Å². The summed E-state index contributed by atoms with van der Waals surface area (Å²) >= 11 is 5.92. The highest BCUT2D eigenvalue weighted by Crippen LogP contribution is 2.20. The van der Waals surface area contributed by atoms with E-state index < -0.39 is 0 Å². The Kier molecular flexibility index (Phi) is 6.71. The number of benzene rings is 2. The summed E-state index contributed by atoms with van der Waals surface area (Å²) in [7, 11) is 0. The van der Waals surface area contributed by atoms with E-state index in [1.54, 1.807) is 0 Å². The van der Waals surface area contributed by atoms with Crippen molar-refractivity contribution >= 4 is 29.1 Å². The van der Waals surface area contributed by atoms with Gasteiger partial charge in [0.2, 0.25) is 5.91 Å². The minimum absolute atomic E-state index is 0.0478. The normalized spacial score (nSPS) is 14.4. The fourth-order valence-electron chi connectivity index (χ4n) is 3.22. The third kappa shape index (κ3) is 5.36. The zero-order valence-corrected chi connectivity index (χ0v) is 16.4. The minimum Gasteiger partial charge on any atom is -0.382 e. The topological polar surface area (TPSA) is 61.4 Å². The monoisotopic (exact) mass is 397 g/mol. The van der Waals surface area contributed by atoms with E-state index in [0.29, 0.717) is 18.2 Å². The minimum atomic E-state index is -0.213. The Labute approximate surface area is 170 Å². The average Bonchev–Trinajstić information content (AvgIpc) is 2.74. The average molecular weight is 398 g/mol. The van der Waals surface area contributed by atoms with Gasteiger partial charge in [-0.15, -0.1) is 0 Å². The summed E-state index contributed by atoms with van der Waals surface area (Å²) < 4.78 is 0. The van der Waals surface area contributed by atoms with E-state index in [0.717, 1.165) is 42.2 Å². The summed E-state index contributed by atoms with van der Waals surface area (Å²) in [4.78, 5) is 25.9. The Morgan fingerprint density at radius 2 is 1.71 bits per heavy atom. The molecule has 0 aliphatic carbocycles. The lowest BCUT2D eigenvalue weighted by Crippen LogP contribution is -2.42. The number of likely N-dealkylation sites (tertiary alicyclic amines) is 1. The number of anilines is 1. The quantitative estimate of drug-likeness (QED) is 0.727. The first-order valence-electron chi connectivity index (χ1n) is 9.36. The van der Waals surface area contributed by atoms with E-state index in [-0.39, 0.29) is 11.8 Å². The zero-order chi connectivity index (χ0) is 19.9. The van der Waals surface area contributed by atoms with Crippen LogP contribution in [0.15, 0.2) is 61.2 Å². The molecule has 0 spiro atoms. The molecule has 0 saturated carbocycles. The zero-order valence-electron chi connectivity index (χ0n) is 15.7. The summed E-state index contributed by atoms with van der Waals surface area (Å²) in [6.07, 6.45) is 3.05. The third-order valence-electron chi connectivity index (χ3n) is 4.85. The van der Waals surface area contributed by atoms with Crippen LogP contribution in [0.4, 0.5) is 5.69 Å². The number of carbonyl (C=O) groups excluding carboxylic acids is 2. The van der Waals surface area contributed by atoms with Crippen LogP contribution in [0.3, 0.4) is 0 Å². The first-order chi connectivity index (χ1) is 13.5. The van der Waals surface area contributed by atoms with Gasteiger partial charge in [0.25, 0.3) is 5.91 Å². The van der Waals surface area contributed by atoms with E-state index in [9.17, 15) is 9.59 Å². The molecule has 5 nitrogen and oxygen atoms in total. The standard InChI is InChI=1S/C22H24ClN3O2/c1-2-21(27)24-15-16-3-5-17(6-4-16)22(28)26-13-11-20(12-14-26)25-19-9-7-18(23)8-10-19/h2-10,20,25H,1,11-15H2,(H,24,27). The van der Waals surface area contributed by atoms with Crippen molar-refractivity contribution in [3.63, 3.8) is 0 Å². The molecule has 0 atom stereocenters. The van der Waals surface area contributed by atoms with E-state index >= 15 is 0 Å². The highest BCUT2D eigenvalue weighted by atomic mass is 35.5. The van der Waals surface area contributed by atoms with Crippen molar-refractivity contribution in [1.29, 1.82) is 0 Å². The molecule has 1 aliphatic heterocycles. The van der Waals surface area contributed by atoms with Gasteiger partial charge in [-0.2, -0.15) is 0 Å². The van der Waals surface area contributed by atoms with Gasteiger partial charge < -0.3 is 15.5 Å². The highest BCUT2D eigenvalue weighted by Gasteiger charge is 2.23. The molecule has 2 N–H and O–H groups in total. The predicted molar refractivity (Wildman–Crippen MR) is 112 cm³/mol. The largest absolute Gasteiger partial charge is 0.382 e. The lowest BCUT2D eigenvalue weighted by Gasteiger charge is -2.33. The van der Waals surface area contributed by atoms with Crippen molar-refractivity contribution in [2.75, 3.05) is 18.4 Å². The molecule has 1 fully saturated rings. The van der Waals surface area contributed by atoms with Crippen molar-refractivity contribution in [3.8, 4) is 0 Å². The van der Waals surface area contributed by atoms with Gasteiger partial charge in [0.05, 0.1) is 0 Å². The van der Waals surface area contributed by atoms with E-state index in [4.69, 9.17) is 11.6 Å². The van der Waals surface area contributed by atoms with Gasteiger partial charge in [-0.1, -0.05) is 30.3 Å². The van der Waals surface area contributed by atoms with Gasteiger partial charge in [-0.25, -0.2) is 0 Å². The van der Waals surface area contributed by atoms with Crippen LogP contribution < -0.4 is 10.6 Å². The van der Waals surface area contributed by atoms with Crippen molar-refractivity contribution in [2.24, 2.45) is 0 Å². The summed E-state index contributed by atoms with van der Waals surface area (Å²) in [5.74, 6) is -0.165. The van der Waals surface area contributed by atoms with Crippen molar-refractivity contribution in [2.45, 2.75) is 25.4 Å². The summed E-state index contributed by atoms with van der Waals surface area (Å²) in [5, 5.41) is 6.95. The number of rotatable bonds is 6. The molecule has 0 radical (unpaired) electrons. The number of nitrogens with one attached hydrogen (secondary N) is 2. The van der Waals surface area contributed by atoms with Gasteiger partial charge in [-0.05, 0) is 60.9 Å². The van der Waals surface area contributed by atoms with Crippen molar-refractivity contribution in [1.82, 2.24) is 10.2 Å². The van der Waals surface area contributed by atoms with Crippen LogP contribution >= 0.6 is 11.6 Å². The third-order valence-corrected chi connectivity index (χ3v) is 5.10. The second-order valence-corrected chi connectivity index (χ2v) is 7.27. The maximum Gasteiger partial charge on any atom is 0.253 e. The molecule has 2 amide bonds. The second-order valence-electron chi connectivity index (χ2n) is 6.84. The summed E-state index contributed by atoms with van der Waals surface area (Å²) in [6.45, 7) is 5.29. The van der Waals surface area contributed by atoms with E-state index in [2.05, 4.69) is 17.2 Å². The van der Waals surface area contributed by atoms with Crippen LogP contribution in [0, 0.1) is 0 Å².